The molecule has 1 aromatic carbocycles. The molecule has 0 unspecified atom stereocenters. The Kier molecular flexibility index (Phi) is 3.86. The Labute approximate surface area is 106 Å². The summed E-state index contributed by atoms with van der Waals surface area (Å²) in [4.78, 5) is 13.8. The molecule has 1 aliphatic rings. The number of benzene rings is 1. The van der Waals surface area contributed by atoms with E-state index in [1.807, 2.05) is 19.2 Å². The van der Waals surface area contributed by atoms with Gasteiger partial charge in [0.25, 0.3) is 0 Å². The van der Waals surface area contributed by atoms with Gasteiger partial charge < -0.3 is 15.5 Å². The first-order chi connectivity index (χ1) is 8.20. The molecule has 1 heterocycles. The summed E-state index contributed by atoms with van der Waals surface area (Å²) in [7, 11) is 1.92. The molecule has 0 radical (unpaired) electrons. The zero-order valence-corrected chi connectivity index (χ0v) is 10.5. The predicted octanol–water partition coefficient (Wildman–Crippen LogP) is 2.17. The number of hydrogen-bond acceptors (Lipinski definition) is 2. The summed E-state index contributed by atoms with van der Waals surface area (Å²) in [5.74, 6) is 0. The van der Waals surface area contributed by atoms with Crippen LogP contribution in [0.3, 0.4) is 0 Å². The summed E-state index contributed by atoms with van der Waals surface area (Å²) in [5.41, 5.74) is 0.659. The topological polar surface area (TPSA) is 44.4 Å². The number of nitrogens with zero attached hydrogens (tertiary/aromatic N) is 1. The minimum Gasteiger partial charge on any atom is -0.323 e. The predicted molar refractivity (Wildman–Crippen MR) is 69.5 cm³/mol. The highest BCUT2D eigenvalue weighted by Gasteiger charge is 2.25. The van der Waals surface area contributed by atoms with Crippen LogP contribution in [0.1, 0.15) is 6.42 Å². The Morgan fingerprint density at radius 3 is 2.88 bits per heavy atom. The number of hydrogen-bond donors (Lipinski definition) is 2. The molecule has 1 saturated heterocycles. The lowest BCUT2D eigenvalue weighted by atomic mass is 10.3. The average molecular weight is 254 g/mol. The van der Waals surface area contributed by atoms with Crippen LogP contribution in [0, 0.1) is 0 Å². The lowest BCUT2D eigenvalue weighted by molar-refractivity contribution is 0.221. The van der Waals surface area contributed by atoms with E-state index in [1.165, 1.54) is 0 Å². The fourth-order valence-corrected chi connectivity index (χ4v) is 2.12. The normalized spacial score (nSPS) is 19.4. The van der Waals surface area contributed by atoms with Crippen molar-refractivity contribution in [3.05, 3.63) is 29.3 Å². The highest BCUT2D eigenvalue weighted by atomic mass is 35.5. The lowest BCUT2D eigenvalue weighted by Crippen LogP contribution is -2.36. The number of likely N-dealkylation sites (tertiary alicyclic amines) is 1. The molecule has 0 aliphatic carbocycles. The van der Waals surface area contributed by atoms with Gasteiger partial charge in [-0.1, -0.05) is 23.7 Å². The summed E-state index contributed by atoms with van der Waals surface area (Å²) >= 11 is 5.99. The van der Waals surface area contributed by atoms with E-state index in [0.29, 0.717) is 16.8 Å². The Bertz CT molecular complexity index is 410. The van der Waals surface area contributed by atoms with Gasteiger partial charge in [-0.15, -0.1) is 0 Å². The first-order valence-electron chi connectivity index (χ1n) is 5.68. The van der Waals surface area contributed by atoms with E-state index in [9.17, 15) is 4.79 Å². The molecule has 0 aromatic heterocycles. The molecule has 1 aromatic rings. The van der Waals surface area contributed by atoms with Gasteiger partial charge in [-0.25, -0.2) is 4.79 Å². The van der Waals surface area contributed by atoms with E-state index in [1.54, 1.807) is 17.0 Å². The van der Waals surface area contributed by atoms with Gasteiger partial charge in [-0.3, -0.25) is 0 Å². The molecule has 0 spiro atoms. The van der Waals surface area contributed by atoms with Crippen molar-refractivity contribution < 1.29 is 4.79 Å². The van der Waals surface area contributed by atoms with Crippen molar-refractivity contribution in [2.75, 3.05) is 25.5 Å². The van der Waals surface area contributed by atoms with E-state index in [0.717, 1.165) is 19.5 Å². The van der Waals surface area contributed by atoms with Gasteiger partial charge in [-0.2, -0.15) is 0 Å². The van der Waals surface area contributed by atoms with Gasteiger partial charge in [0.05, 0.1) is 10.7 Å². The highest BCUT2D eigenvalue weighted by molar-refractivity contribution is 6.33. The second-order valence-electron chi connectivity index (χ2n) is 4.13. The smallest absolute Gasteiger partial charge is 0.321 e. The molecule has 2 N–H and O–H groups in total. The maximum absolute atomic E-state index is 12.0. The van der Waals surface area contributed by atoms with Gasteiger partial charge in [-0.05, 0) is 25.6 Å². The molecule has 92 valence electrons. The van der Waals surface area contributed by atoms with Crippen molar-refractivity contribution >= 4 is 23.3 Å². The summed E-state index contributed by atoms with van der Waals surface area (Å²) in [6, 6.07) is 7.55. The van der Waals surface area contributed by atoms with E-state index < -0.39 is 0 Å². The number of amides is 2. The molecule has 5 heteroatoms. The first-order valence-corrected chi connectivity index (χ1v) is 6.06. The monoisotopic (exact) mass is 253 g/mol. The Balaban J connectivity index is 1.96. The fraction of sp³-hybridized carbons (Fsp3) is 0.417. The number of anilines is 1. The number of urea groups is 1. The molecule has 0 saturated carbocycles. The molecule has 0 bridgehead atoms. The van der Waals surface area contributed by atoms with Crippen LogP contribution in [0.2, 0.25) is 5.02 Å². The summed E-state index contributed by atoms with van der Waals surface area (Å²) in [5, 5.41) is 6.56. The summed E-state index contributed by atoms with van der Waals surface area (Å²) in [6.45, 7) is 1.52. The SMILES string of the molecule is CN[C@@H]1CCN(C(=O)Nc2ccccc2Cl)C1. The first kappa shape index (κ1) is 12.2. The number of likely N-dealkylation sites (N-methyl/N-ethyl adjacent to an activating group) is 1. The lowest BCUT2D eigenvalue weighted by Gasteiger charge is -2.17. The quantitative estimate of drug-likeness (QED) is 0.849. The molecule has 1 atom stereocenters. The number of carbonyl (C=O) groups excluding carboxylic acids is 1. The third-order valence-corrected chi connectivity index (χ3v) is 3.33. The van der Waals surface area contributed by atoms with Crippen LogP contribution in [0.15, 0.2) is 24.3 Å². The second kappa shape index (κ2) is 5.38. The zero-order valence-electron chi connectivity index (χ0n) is 9.74. The van der Waals surface area contributed by atoms with Crippen molar-refractivity contribution in [3.63, 3.8) is 0 Å². The molecule has 1 fully saturated rings. The number of para-hydroxylation sites is 1. The third kappa shape index (κ3) is 2.90. The number of halogens is 1. The molecular formula is C12H16ClN3O. The van der Waals surface area contributed by atoms with E-state index in [4.69, 9.17) is 11.6 Å². The van der Waals surface area contributed by atoms with E-state index in [-0.39, 0.29) is 6.03 Å². The van der Waals surface area contributed by atoms with Gasteiger partial charge >= 0.3 is 6.03 Å². The Morgan fingerprint density at radius 1 is 1.47 bits per heavy atom. The van der Waals surface area contributed by atoms with E-state index in [2.05, 4.69) is 10.6 Å². The number of rotatable bonds is 2. The van der Waals surface area contributed by atoms with Crippen LogP contribution in [-0.2, 0) is 0 Å². The molecule has 1 aliphatic heterocycles. The molecule has 2 amide bonds. The summed E-state index contributed by atoms with van der Waals surface area (Å²) in [6.07, 6.45) is 0.993. The van der Waals surface area contributed by atoms with Crippen LogP contribution < -0.4 is 10.6 Å². The maximum atomic E-state index is 12.0. The standard InChI is InChI=1S/C12H16ClN3O/c1-14-9-6-7-16(8-9)12(17)15-11-5-3-2-4-10(11)13/h2-5,9,14H,6-8H2,1H3,(H,15,17)/t9-/m1/s1. The third-order valence-electron chi connectivity index (χ3n) is 3.00. The van der Waals surface area contributed by atoms with Crippen LogP contribution in [0.5, 0.6) is 0 Å². The van der Waals surface area contributed by atoms with Gasteiger partial charge in [0, 0.05) is 19.1 Å². The largest absolute Gasteiger partial charge is 0.323 e. The van der Waals surface area contributed by atoms with E-state index >= 15 is 0 Å². The highest BCUT2D eigenvalue weighted by Crippen LogP contribution is 2.21. The minimum absolute atomic E-state index is 0.0872. The molecule has 17 heavy (non-hydrogen) atoms. The van der Waals surface area contributed by atoms with Crippen molar-refractivity contribution in [3.8, 4) is 0 Å². The fourth-order valence-electron chi connectivity index (χ4n) is 1.94. The van der Waals surface area contributed by atoms with Crippen molar-refractivity contribution in [2.45, 2.75) is 12.5 Å². The number of nitrogens with one attached hydrogen (secondary N) is 2. The van der Waals surface area contributed by atoms with Crippen LogP contribution in [0.25, 0.3) is 0 Å². The maximum Gasteiger partial charge on any atom is 0.321 e. The Morgan fingerprint density at radius 2 is 2.24 bits per heavy atom. The van der Waals surface area contributed by atoms with Gasteiger partial charge in [0.15, 0.2) is 0 Å². The van der Waals surface area contributed by atoms with Crippen molar-refractivity contribution in [1.29, 1.82) is 0 Å². The molecule has 2 rings (SSSR count). The van der Waals surface area contributed by atoms with Gasteiger partial charge in [0.1, 0.15) is 0 Å². The Hall–Kier alpha value is -1.26. The van der Waals surface area contributed by atoms with Crippen molar-refractivity contribution in [1.82, 2.24) is 10.2 Å². The zero-order chi connectivity index (χ0) is 12.3. The number of carbonyl (C=O) groups is 1. The molecule has 4 nitrogen and oxygen atoms in total. The van der Waals surface area contributed by atoms with Gasteiger partial charge in [0.2, 0.25) is 0 Å². The molecular weight excluding hydrogens is 238 g/mol. The summed E-state index contributed by atoms with van der Waals surface area (Å²) < 4.78 is 0. The van der Waals surface area contributed by atoms with Crippen LogP contribution in [0.4, 0.5) is 10.5 Å². The minimum atomic E-state index is -0.0872. The van der Waals surface area contributed by atoms with Crippen LogP contribution in [-0.4, -0.2) is 37.1 Å². The second-order valence-corrected chi connectivity index (χ2v) is 4.54. The van der Waals surface area contributed by atoms with Crippen molar-refractivity contribution in [2.24, 2.45) is 0 Å². The average Bonchev–Trinajstić information content (AvgIpc) is 2.81. The van der Waals surface area contributed by atoms with Crippen LogP contribution >= 0.6 is 11.6 Å².